The van der Waals surface area contributed by atoms with Crippen LogP contribution in [0, 0.1) is 0 Å². The van der Waals surface area contributed by atoms with Crippen LogP contribution >= 0.6 is 0 Å². The van der Waals surface area contributed by atoms with Gasteiger partial charge in [0, 0.05) is 6.20 Å². The zero-order valence-electron chi connectivity index (χ0n) is 7.77. The van der Waals surface area contributed by atoms with Crippen LogP contribution in [0.3, 0.4) is 0 Å². The highest BCUT2D eigenvalue weighted by Crippen LogP contribution is 1.91. The summed E-state index contributed by atoms with van der Waals surface area (Å²) in [5.41, 5.74) is 0.785. The van der Waals surface area contributed by atoms with E-state index >= 15 is 0 Å². The zero-order valence-corrected chi connectivity index (χ0v) is 7.77. The molecule has 1 aromatic heterocycles. The Kier molecular flexibility index (Phi) is 3.60. The molecular formula is C9H11N3O2. The van der Waals surface area contributed by atoms with Crippen LogP contribution in [0.25, 0.3) is 0 Å². The van der Waals surface area contributed by atoms with Gasteiger partial charge < -0.3 is 10.5 Å². The van der Waals surface area contributed by atoms with Gasteiger partial charge in [-0.05, 0) is 19.1 Å². The Bertz CT molecular complexity index is 335. The van der Waals surface area contributed by atoms with E-state index < -0.39 is 5.91 Å². The molecule has 0 unspecified atom stereocenters. The Morgan fingerprint density at radius 2 is 2.43 bits per heavy atom. The zero-order chi connectivity index (χ0) is 10.4. The highest BCUT2D eigenvalue weighted by Gasteiger charge is 2.05. The first-order valence-electron chi connectivity index (χ1n) is 4.11. The lowest BCUT2D eigenvalue weighted by atomic mass is 10.3. The number of pyridine rings is 1. The molecule has 0 fully saturated rings. The number of rotatable bonds is 3. The molecule has 0 bridgehead atoms. The molecule has 1 amide bonds. The molecule has 5 nitrogen and oxygen atoms in total. The van der Waals surface area contributed by atoms with Crippen LogP contribution in [0.15, 0.2) is 29.6 Å². The molecule has 1 heterocycles. The summed E-state index contributed by atoms with van der Waals surface area (Å²) >= 11 is 0. The van der Waals surface area contributed by atoms with E-state index in [0.717, 1.165) is 5.69 Å². The van der Waals surface area contributed by atoms with Gasteiger partial charge in [0.15, 0.2) is 0 Å². The summed E-state index contributed by atoms with van der Waals surface area (Å²) in [5.74, 6) is -0.404. The molecule has 0 aromatic carbocycles. The third-order valence-electron chi connectivity index (χ3n) is 1.63. The van der Waals surface area contributed by atoms with E-state index in [1.165, 1.54) is 6.92 Å². The third kappa shape index (κ3) is 2.85. The molecule has 14 heavy (non-hydrogen) atoms. The van der Waals surface area contributed by atoms with Crippen molar-refractivity contribution in [3.05, 3.63) is 30.1 Å². The number of carbonyl (C=O) groups is 1. The van der Waals surface area contributed by atoms with Crippen molar-refractivity contribution in [3.63, 3.8) is 0 Å². The summed E-state index contributed by atoms with van der Waals surface area (Å²) in [6.45, 7) is 1.75. The largest absolute Gasteiger partial charge is 0.410 e. The van der Waals surface area contributed by atoms with Gasteiger partial charge in [0.1, 0.15) is 5.71 Å². The SMILES string of the molecule is C/C(=N\O)C(=O)NCc1ccccn1. The van der Waals surface area contributed by atoms with Crippen LogP contribution in [-0.2, 0) is 11.3 Å². The molecule has 1 aromatic rings. The summed E-state index contributed by atoms with van der Waals surface area (Å²) < 4.78 is 0. The van der Waals surface area contributed by atoms with Crippen LogP contribution in [-0.4, -0.2) is 21.8 Å². The maximum Gasteiger partial charge on any atom is 0.269 e. The molecule has 1 rings (SSSR count). The second kappa shape index (κ2) is 4.96. The lowest BCUT2D eigenvalue weighted by Gasteiger charge is -2.02. The molecule has 5 heteroatoms. The van der Waals surface area contributed by atoms with Crippen molar-refractivity contribution in [2.24, 2.45) is 5.16 Å². The maximum atomic E-state index is 11.1. The minimum absolute atomic E-state index is 0.0286. The van der Waals surface area contributed by atoms with E-state index in [1.54, 1.807) is 18.3 Å². The first kappa shape index (κ1) is 10.2. The number of hydrogen-bond donors (Lipinski definition) is 2. The number of hydrogen-bond acceptors (Lipinski definition) is 4. The summed E-state index contributed by atoms with van der Waals surface area (Å²) in [6, 6.07) is 5.43. The van der Waals surface area contributed by atoms with Gasteiger partial charge in [0.25, 0.3) is 5.91 Å². The molecule has 74 valence electrons. The van der Waals surface area contributed by atoms with E-state index in [-0.39, 0.29) is 5.71 Å². The van der Waals surface area contributed by atoms with Crippen molar-refractivity contribution in [1.29, 1.82) is 0 Å². The summed E-state index contributed by atoms with van der Waals surface area (Å²) in [5, 5.41) is 13.7. The van der Waals surface area contributed by atoms with E-state index in [9.17, 15) is 4.79 Å². The molecule has 0 saturated carbocycles. The maximum absolute atomic E-state index is 11.1. The summed E-state index contributed by atoms with van der Waals surface area (Å²) in [4.78, 5) is 15.1. The van der Waals surface area contributed by atoms with Gasteiger partial charge >= 0.3 is 0 Å². The topological polar surface area (TPSA) is 74.6 Å². The van der Waals surface area contributed by atoms with E-state index in [2.05, 4.69) is 15.5 Å². The molecule has 0 aliphatic rings. The van der Waals surface area contributed by atoms with Gasteiger partial charge in [-0.3, -0.25) is 9.78 Å². The molecule has 0 spiro atoms. The average Bonchev–Trinajstić information content (AvgIpc) is 2.26. The van der Waals surface area contributed by atoms with Crippen LogP contribution in [0.5, 0.6) is 0 Å². The first-order valence-corrected chi connectivity index (χ1v) is 4.11. The standard InChI is InChI=1S/C9H11N3O2/c1-7(12-14)9(13)11-6-8-4-2-3-5-10-8/h2-5,14H,6H2,1H3,(H,11,13)/b12-7+. The van der Waals surface area contributed by atoms with Crippen LogP contribution < -0.4 is 5.32 Å². The first-order chi connectivity index (χ1) is 6.74. The molecule has 0 atom stereocenters. The van der Waals surface area contributed by atoms with Crippen molar-refractivity contribution in [3.8, 4) is 0 Å². The monoisotopic (exact) mass is 193 g/mol. The number of amides is 1. The molecule has 0 radical (unpaired) electrons. The smallest absolute Gasteiger partial charge is 0.269 e. The molecular weight excluding hydrogens is 182 g/mol. The van der Waals surface area contributed by atoms with Crippen molar-refractivity contribution in [2.75, 3.05) is 0 Å². The fraction of sp³-hybridized carbons (Fsp3) is 0.222. The van der Waals surface area contributed by atoms with Gasteiger partial charge in [-0.1, -0.05) is 11.2 Å². The number of nitrogens with one attached hydrogen (secondary N) is 1. The fourth-order valence-corrected chi connectivity index (χ4v) is 0.847. The van der Waals surface area contributed by atoms with E-state index in [1.807, 2.05) is 6.07 Å². The van der Waals surface area contributed by atoms with Gasteiger partial charge in [0.2, 0.25) is 0 Å². The Balaban J connectivity index is 2.46. The highest BCUT2D eigenvalue weighted by atomic mass is 16.4. The van der Waals surface area contributed by atoms with Crippen molar-refractivity contribution >= 4 is 11.6 Å². The Morgan fingerprint density at radius 3 is 3.00 bits per heavy atom. The Hall–Kier alpha value is -1.91. The highest BCUT2D eigenvalue weighted by molar-refractivity contribution is 6.37. The second-order valence-electron chi connectivity index (χ2n) is 2.69. The van der Waals surface area contributed by atoms with E-state index in [4.69, 9.17) is 5.21 Å². The summed E-state index contributed by atoms with van der Waals surface area (Å²) in [6.07, 6.45) is 1.65. The van der Waals surface area contributed by atoms with Crippen molar-refractivity contribution < 1.29 is 10.0 Å². The molecule has 0 aliphatic carbocycles. The number of aromatic nitrogens is 1. The lowest BCUT2D eigenvalue weighted by molar-refractivity contribution is -0.115. The second-order valence-corrected chi connectivity index (χ2v) is 2.69. The average molecular weight is 193 g/mol. The van der Waals surface area contributed by atoms with Crippen LogP contribution in [0.2, 0.25) is 0 Å². The van der Waals surface area contributed by atoms with Crippen LogP contribution in [0.1, 0.15) is 12.6 Å². The van der Waals surface area contributed by atoms with Crippen LogP contribution in [0.4, 0.5) is 0 Å². The molecule has 0 aliphatic heterocycles. The third-order valence-corrected chi connectivity index (χ3v) is 1.63. The van der Waals surface area contributed by atoms with Crippen molar-refractivity contribution in [1.82, 2.24) is 10.3 Å². The fourth-order valence-electron chi connectivity index (χ4n) is 0.847. The van der Waals surface area contributed by atoms with E-state index in [0.29, 0.717) is 6.54 Å². The summed E-state index contributed by atoms with van der Waals surface area (Å²) in [7, 11) is 0. The normalized spacial score (nSPS) is 11.1. The Labute approximate surface area is 81.5 Å². The van der Waals surface area contributed by atoms with Gasteiger partial charge in [-0.15, -0.1) is 0 Å². The lowest BCUT2D eigenvalue weighted by Crippen LogP contribution is -2.29. The predicted octanol–water partition coefficient (Wildman–Crippen LogP) is 0.548. The number of carbonyl (C=O) groups excluding carboxylic acids is 1. The number of nitrogens with zero attached hydrogens (tertiary/aromatic N) is 2. The van der Waals surface area contributed by atoms with Crippen molar-refractivity contribution in [2.45, 2.75) is 13.5 Å². The van der Waals surface area contributed by atoms with Gasteiger partial charge in [-0.2, -0.15) is 0 Å². The number of oxime groups is 1. The Morgan fingerprint density at radius 1 is 1.64 bits per heavy atom. The predicted molar refractivity (Wildman–Crippen MR) is 51.0 cm³/mol. The van der Waals surface area contributed by atoms with Gasteiger partial charge in [-0.25, -0.2) is 0 Å². The minimum Gasteiger partial charge on any atom is -0.410 e. The quantitative estimate of drug-likeness (QED) is 0.418. The molecule has 2 N–H and O–H groups in total. The minimum atomic E-state index is -0.404. The van der Waals surface area contributed by atoms with Gasteiger partial charge in [0.05, 0.1) is 12.2 Å². The molecule has 0 saturated heterocycles.